The molecule has 2 aliphatic rings. The fraction of sp³-hybridized carbons (Fsp3) is 0.484. The third kappa shape index (κ3) is 3.40. The first-order valence-electron chi connectivity index (χ1n) is 13.4. The highest BCUT2D eigenvalue weighted by Gasteiger charge is 2.52. The number of anilines is 3. The molecule has 3 atom stereocenters. The molecule has 3 heterocycles. The van der Waals surface area contributed by atoms with Crippen molar-refractivity contribution < 1.29 is 0 Å². The summed E-state index contributed by atoms with van der Waals surface area (Å²) >= 11 is 0. The Morgan fingerprint density at radius 2 is 1.57 bits per heavy atom. The molecule has 4 heteroatoms. The minimum Gasteiger partial charge on any atom is -0.349 e. The summed E-state index contributed by atoms with van der Waals surface area (Å²) in [4.78, 5) is 15.3. The summed E-state index contributed by atoms with van der Waals surface area (Å²) in [6.07, 6.45) is 4.54. The van der Waals surface area contributed by atoms with Crippen molar-refractivity contribution in [2.45, 2.75) is 84.7 Å². The second kappa shape index (κ2) is 8.65. The van der Waals surface area contributed by atoms with Gasteiger partial charge in [0.25, 0.3) is 0 Å². The zero-order chi connectivity index (χ0) is 25.1. The van der Waals surface area contributed by atoms with Crippen LogP contribution in [0.15, 0.2) is 48.7 Å². The minimum atomic E-state index is 0.119. The van der Waals surface area contributed by atoms with Crippen LogP contribution in [0.5, 0.6) is 0 Å². The molecule has 5 rings (SSSR count). The molecule has 35 heavy (non-hydrogen) atoms. The third-order valence-corrected chi connectivity index (χ3v) is 8.75. The summed E-state index contributed by atoms with van der Waals surface area (Å²) in [6, 6.07) is 15.7. The molecule has 0 amide bonds. The Labute approximate surface area is 211 Å². The van der Waals surface area contributed by atoms with E-state index in [1.54, 1.807) is 0 Å². The maximum atomic E-state index is 5.36. The van der Waals surface area contributed by atoms with E-state index in [-0.39, 0.29) is 11.6 Å². The molecule has 2 aromatic carbocycles. The molecule has 0 spiro atoms. The van der Waals surface area contributed by atoms with Gasteiger partial charge in [0.2, 0.25) is 0 Å². The van der Waals surface area contributed by atoms with Crippen LogP contribution in [0.4, 0.5) is 17.2 Å². The Morgan fingerprint density at radius 1 is 0.914 bits per heavy atom. The Morgan fingerprint density at radius 3 is 2.17 bits per heavy atom. The standard InChI is InChI=1S/C31H40N4/c1-9-23-30-34(8)26-18-32-28(27-21(19(3)4)14-13-15-22(27)20(5)6)33-29(26)35(30)25-17-12-11-16-24(25)31(23,7)10-2/h11-20,23,30H,9-10H2,1-8H3. The molecule has 3 aromatic rings. The SMILES string of the molecule is CCC1C2N(C)c3cnc(-c4c(C(C)C)cccc4C(C)C)nc3N2c2ccccc2C1(C)CC. The number of hydrogen-bond donors (Lipinski definition) is 0. The van der Waals surface area contributed by atoms with Crippen LogP contribution in [0.25, 0.3) is 11.4 Å². The van der Waals surface area contributed by atoms with Crippen molar-refractivity contribution in [1.29, 1.82) is 0 Å². The van der Waals surface area contributed by atoms with E-state index in [0.717, 1.165) is 30.2 Å². The lowest BCUT2D eigenvalue weighted by Crippen LogP contribution is -2.55. The highest BCUT2D eigenvalue weighted by atomic mass is 15.5. The van der Waals surface area contributed by atoms with Gasteiger partial charge in [0.05, 0.1) is 6.20 Å². The van der Waals surface area contributed by atoms with E-state index >= 15 is 0 Å². The van der Waals surface area contributed by atoms with Gasteiger partial charge in [-0.05, 0) is 47.4 Å². The Balaban J connectivity index is 1.75. The second-order valence-corrected chi connectivity index (χ2v) is 11.2. The first-order valence-corrected chi connectivity index (χ1v) is 13.4. The second-order valence-electron chi connectivity index (χ2n) is 11.2. The van der Waals surface area contributed by atoms with Crippen molar-refractivity contribution in [2.24, 2.45) is 5.92 Å². The van der Waals surface area contributed by atoms with Crippen LogP contribution < -0.4 is 9.80 Å². The average Bonchev–Trinajstić information content (AvgIpc) is 3.15. The molecule has 4 nitrogen and oxygen atoms in total. The van der Waals surface area contributed by atoms with Gasteiger partial charge in [-0.1, -0.05) is 84.9 Å². The number of nitrogens with zero attached hydrogens (tertiary/aromatic N) is 4. The lowest BCUT2D eigenvalue weighted by molar-refractivity contribution is 0.218. The smallest absolute Gasteiger partial charge is 0.162 e. The van der Waals surface area contributed by atoms with Crippen molar-refractivity contribution in [3.05, 3.63) is 65.4 Å². The number of aromatic nitrogens is 2. The van der Waals surface area contributed by atoms with Gasteiger partial charge in [0.15, 0.2) is 11.6 Å². The van der Waals surface area contributed by atoms with Crippen molar-refractivity contribution in [3.8, 4) is 11.4 Å². The largest absolute Gasteiger partial charge is 0.349 e. The summed E-state index contributed by atoms with van der Waals surface area (Å²) in [6.45, 7) is 16.2. The number of benzene rings is 2. The summed E-state index contributed by atoms with van der Waals surface area (Å²) in [5.74, 6) is 3.18. The van der Waals surface area contributed by atoms with E-state index in [0.29, 0.717) is 17.8 Å². The first-order chi connectivity index (χ1) is 16.7. The zero-order valence-corrected chi connectivity index (χ0v) is 22.6. The zero-order valence-electron chi connectivity index (χ0n) is 22.6. The quantitative estimate of drug-likeness (QED) is 0.379. The van der Waals surface area contributed by atoms with Gasteiger partial charge in [-0.2, -0.15) is 0 Å². The summed E-state index contributed by atoms with van der Waals surface area (Å²) in [5.41, 5.74) is 7.84. The molecule has 0 N–H and O–H groups in total. The number of fused-ring (bicyclic) bond motifs is 5. The first kappa shape index (κ1) is 23.8. The topological polar surface area (TPSA) is 32.3 Å². The van der Waals surface area contributed by atoms with Crippen molar-refractivity contribution >= 4 is 17.2 Å². The number of hydrogen-bond acceptors (Lipinski definition) is 4. The van der Waals surface area contributed by atoms with Crippen molar-refractivity contribution in [1.82, 2.24) is 9.97 Å². The average molecular weight is 469 g/mol. The van der Waals surface area contributed by atoms with Gasteiger partial charge in [-0.15, -0.1) is 0 Å². The van der Waals surface area contributed by atoms with Crippen LogP contribution >= 0.6 is 0 Å². The van der Waals surface area contributed by atoms with Crippen LogP contribution in [0.3, 0.4) is 0 Å². The molecular formula is C31H40N4. The van der Waals surface area contributed by atoms with Gasteiger partial charge in [0.1, 0.15) is 11.9 Å². The van der Waals surface area contributed by atoms with Gasteiger partial charge in [-0.25, -0.2) is 9.97 Å². The fourth-order valence-electron chi connectivity index (χ4n) is 6.68. The summed E-state index contributed by atoms with van der Waals surface area (Å²) < 4.78 is 0. The molecule has 0 saturated carbocycles. The van der Waals surface area contributed by atoms with E-state index in [9.17, 15) is 0 Å². The van der Waals surface area contributed by atoms with E-state index in [2.05, 4.69) is 114 Å². The predicted octanol–water partition coefficient (Wildman–Crippen LogP) is 8.01. The van der Waals surface area contributed by atoms with E-state index in [1.165, 1.54) is 27.9 Å². The molecule has 1 aromatic heterocycles. The molecular weight excluding hydrogens is 428 g/mol. The number of rotatable bonds is 5. The van der Waals surface area contributed by atoms with Crippen LogP contribution in [0.1, 0.15) is 89.8 Å². The van der Waals surface area contributed by atoms with Crippen LogP contribution in [0, 0.1) is 5.92 Å². The van der Waals surface area contributed by atoms with E-state index in [4.69, 9.17) is 9.97 Å². The van der Waals surface area contributed by atoms with Gasteiger partial charge >= 0.3 is 0 Å². The maximum Gasteiger partial charge on any atom is 0.162 e. The van der Waals surface area contributed by atoms with Gasteiger partial charge < -0.3 is 9.80 Å². The molecule has 2 aliphatic heterocycles. The van der Waals surface area contributed by atoms with E-state index < -0.39 is 0 Å². The van der Waals surface area contributed by atoms with E-state index in [1.807, 2.05) is 0 Å². The van der Waals surface area contributed by atoms with Crippen LogP contribution in [-0.4, -0.2) is 23.2 Å². The maximum absolute atomic E-state index is 5.36. The van der Waals surface area contributed by atoms with Gasteiger partial charge in [0, 0.05) is 29.6 Å². The minimum absolute atomic E-state index is 0.119. The predicted molar refractivity (Wildman–Crippen MR) is 148 cm³/mol. The Hall–Kier alpha value is -2.88. The monoisotopic (exact) mass is 468 g/mol. The molecule has 0 aliphatic carbocycles. The van der Waals surface area contributed by atoms with Crippen LogP contribution in [-0.2, 0) is 5.41 Å². The molecule has 0 fully saturated rings. The normalized spacial score (nSPS) is 23.0. The molecule has 0 saturated heterocycles. The number of para-hydroxylation sites is 1. The Bertz CT molecular complexity index is 1220. The summed E-state index contributed by atoms with van der Waals surface area (Å²) in [7, 11) is 2.22. The summed E-state index contributed by atoms with van der Waals surface area (Å²) in [5, 5.41) is 0. The van der Waals surface area contributed by atoms with Crippen molar-refractivity contribution in [3.63, 3.8) is 0 Å². The molecule has 0 radical (unpaired) electrons. The van der Waals surface area contributed by atoms with Gasteiger partial charge in [-0.3, -0.25) is 0 Å². The fourth-order valence-corrected chi connectivity index (χ4v) is 6.68. The molecule has 184 valence electrons. The third-order valence-electron chi connectivity index (χ3n) is 8.75. The molecule has 0 bridgehead atoms. The Kier molecular flexibility index (Phi) is 5.89. The van der Waals surface area contributed by atoms with Crippen LogP contribution in [0.2, 0.25) is 0 Å². The lowest BCUT2D eigenvalue weighted by Gasteiger charge is -2.51. The molecule has 3 unspecified atom stereocenters. The van der Waals surface area contributed by atoms with Crippen molar-refractivity contribution in [2.75, 3.05) is 16.8 Å². The highest BCUT2D eigenvalue weighted by Crippen LogP contribution is 2.56. The lowest BCUT2D eigenvalue weighted by atomic mass is 9.64. The highest BCUT2D eigenvalue weighted by molar-refractivity contribution is 5.85.